The summed E-state index contributed by atoms with van der Waals surface area (Å²) >= 11 is 1.68. The van der Waals surface area contributed by atoms with Crippen LogP contribution in [0.25, 0.3) is 0 Å². The van der Waals surface area contributed by atoms with Gasteiger partial charge < -0.3 is 34.6 Å². The first-order valence-electron chi connectivity index (χ1n) is 18.4. The number of oxime groups is 1. The molecule has 2 fully saturated rings. The van der Waals surface area contributed by atoms with Crippen LogP contribution in [0, 0.1) is 17.8 Å². The van der Waals surface area contributed by atoms with E-state index in [-0.39, 0.29) is 48.0 Å². The van der Waals surface area contributed by atoms with Crippen molar-refractivity contribution in [1.82, 2.24) is 4.90 Å². The minimum absolute atomic E-state index is 0.000263. The van der Waals surface area contributed by atoms with Crippen molar-refractivity contribution in [2.45, 2.75) is 73.7 Å². The van der Waals surface area contributed by atoms with E-state index < -0.39 is 5.79 Å². The summed E-state index contributed by atoms with van der Waals surface area (Å²) in [5, 5.41) is 26.8. The molecule has 2 aliphatic heterocycles. The molecule has 276 valence electrons. The van der Waals surface area contributed by atoms with Crippen molar-refractivity contribution in [2.24, 2.45) is 22.9 Å². The number of allylic oxidation sites excluding steroid dienone is 1. The molecule has 1 saturated heterocycles. The molecule has 2 aromatic carbocycles. The lowest BCUT2D eigenvalue weighted by Crippen LogP contribution is -2.64. The van der Waals surface area contributed by atoms with E-state index >= 15 is 0 Å². The van der Waals surface area contributed by atoms with Gasteiger partial charge in [0.2, 0.25) is 11.7 Å². The van der Waals surface area contributed by atoms with Crippen LogP contribution < -0.4 is 14.8 Å². The van der Waals surface area contributed by atoms with Gasteiger partial charge in [0.05, 0.1) is 23.5 Å². The number of thioether (sulfide) groups is 1. The van der Waals surface area contributed by atoms with E-state index in [9.17, 15) is 15.0 Å². The topological polar surface area (TPSA) is 122 Å². The number of aliphatic hydroxyl groups is 2. The number of amides is 1. The van der Waals surface area contributed by atoms with Gasteiger partial charge in [0.15, 0.2) is 0 Å². The first kappa shape index (κ1) is 37.4. The molecule has 6 atom stereocenters. The molecule has 51 heavy (non-hydrogen) atoms. The molecule has 0 bridgehead atoms. The molecule has 4 aliphatic rings. The van der Waals surface area contributed by atoms with Gasteiger partial charge in [-0.15, -0.1) is 18.3 Å². The number of anilines is 1. The lowest BCUT2D eigenvalue weighted by atomic mass is 9.56. The quantitative estimate of drug-likeness (QED) is 0.0656. The summed E-state index contributed by atoms with van der Waals surface area (Å²) in [6, 6.07) is 14.1. The number of carbonyl (C=O) groups excluding carboxylic acids is 1. The van der Waals surface area contributed by atoms with E-state index in [1.54, 1.807) is 24.9 Å². The first-order chi connectivity index (χ1) is 24.9. The zero-order chi connectivity index (χ0) is 35.8. The number of rotatable bonds is 19. The third-order valence-electron chi connectivity index (χ3n) is 10.5. The Bertz CT molecular complexity index is 1560. The highest BCUT2D eigenvalue weighted by atomic mass is 32.2. The van der Waals surface area contributed by atoms with Crippen molar-refractivity contribution >= 4 is 29.1 Å². The summed E-state index contributed by atoms with van der Waals surface area (Å²) in [4.78, 5) is 20.6. The Morgan fingerprint density at radius 1 is 1.12 bits per heavy atom. The van der Waals surface area contributed by atoms with Crippen LogP contribution in [0.4, 0.5) is 5.69 Å². The van der Waals surface area contributed by atoms with Gasteiger partial charge in [-0.25, -0.2) is 0 Å². The Labute approximate surface area is 306 Å². The summed E-state index contributed by atoms with van der Waals surface area (Å²) < 4.78 is 20.5. The van der Waals surface area contributed by atoms with E-state index in [0.717, 1.165) is 97.1 Å². The second kappa shape index (κ2) is 17.4. The maximum Gasteiger partial charge on any atom is 0.231 e. The molecule has 2 heterocycles. The van der Waals surface area contributed by atoms with Gasteiger partial charge in [0, 0.05) is 68.3 Å². The van der Waals surface area contributed by atoms with E-state index in [2.05, 4.69) is 34.1 Å². The predicted octanol–water partition coefficient (Wildman–Crippen LogP) is 6.40. The Morgan fingerprint density at radius 3 is 2.57 bits per heavy atom. The molecule has 1 saturated carbocycles. The molecular weight excluding hydrogens is 667 g/mol. The predicted molar refractivity (Wildman–Crippen MR) is 201 cm³/mol. The third-order valence-corrected chi connectivity index (χ3v) is 11.8. The standard InChI is InChI=1S/C40H53N3O7S/c1-4-22-49-40-37(51-31-14-11-29(12-15-31)41-27(2)46)26-35(42-47-3)33-24-28(9-5-7-20-44)32(10-6-8-21-45)38(39(33)40)34-25-30(13-16-36(34)50-40)48-23-19-43-17-18-43/h4,11-16,24-25,28,32,37-39,44-45H,1,5-10,17-23,26H2,2-3H3,(H,41,46)/t28-,32+,37-,38+,39+,40+/m0/s1. The van der Waals surface area contributed by atoms with E-state index in [1.165, 1.54) is 6.92 Å². The smallest absolute Gasteiger partial charge is 0.231 e. The third kappa shape index (κ3) is 8.66. The molecule has 11 heteroatoms. The summed E-state index contributed by atoms with van der Waals surface area (Å²) in [5.41, 5.74) is 3.82. The highest BCUT2D eigenvalue weighted by Crippen LogP contribution is 2.63. The summed E-state index contributed by atoms with van der Waals surface area (Å²) in [6.07, 6.45) is 9.85. The van der Waals surface area contributed by atoms with Crippen LogP contribution in [0.5, 0.6) is 11.5 Å². The van der Waals surface area contributed by atoms with E-state index in [1.807, 2.05) is 36.4 Å². The fraction of sp³-hybridized carbons (Fsp3) is 0.550. The molecule has 1 amide bonds. The van der Waals surface area contributed by atoms with Crippen molar-refractivity contribution in [1.29, 1.82) is 0 Å². The molecule has 0 unspecified atom stereocenters. The van der Waals surface area contributed by atoms with Crippen molar-refractivity contribution in [3.63, 3.8) is 0 Å². The van der Waals surface area contributed by atoms with Crippen LogP contribution in [-0.4, -0.2) is 90.9 Å². The molecule has 0 spiro atoms. The molecule has 6 rings (SSSR count). The number of benzene rings is 2. The lowest BCUT2D eigenvalue weighted by molar-refractivity contribution is -0.223. The van der Waals surface area contributed by atoms with Crippen molar-refractivity contribution in [2.75, 3.05) is 58.5 Å². The number of nitrogens with zero attached hydrogens (tertiary/aromatic N) is 2. The van der Waals surface area contributed by atoms with Crippen LogP contribution in [0.2, 0.25) is 0 Å². The molecule has 2 aliphatic carbocycles. The highest BCUT2D eigenvalue weighted by molar-refractivity contribution is 8.00. The van der Waals surface area contributed by atoms with Crippen LogP contribution in [0.1, 0.15) is 63.4 Å². The number of ether oxygens (including phenoxy) is 3. The minimum atomic E-state index is -1.07. The van der Waals surface area contributed by atoms with Gasteiger partial charge in [-0.1, -0.05) is 30.1 Å². The number of hydrogen-bond donors (Lipinski definition) is 3. The Kier molecular flexibility index (Phi) is 12.8. The summed E-state index contributed by atoms with van der Waals surface area (Å²) in [7, 11) is 1.59. The van der Waals surface area contributed by atoms with E-state index in [4.69, 9.17) is 19.0 Å². The minimum Gasteiger partial charge on any atom is -0.492 e. The van der Waals surface area contributed by atoms with Crippen LogP contribution in [0.15, 0.2) is 76.8 Å². The summed E-state index contributed by atoms with van der Waals surface area (Å²) in [6.45, 7) is 9.92. The second-order valence-corrected chi connectivity index (χ2v) is 15.2. The maximum atomic E-state index is 11.7. The monoisotopic (exact) mass is 719 g/mol. The Morgan fingerprint density at radius 2 is 1.88 bits per heavy atom. The van der Waals surface area contributed by atoms with Gasteiger partial charge in [0.25, 0.3) is 0 Å². The van der Waals surface area contributed by atoms with Crippen LogP contribution >= 0.6 is 11.8 Å². The van der Waals surface area contributed by atoms with Crippen molar-refractivity contribution in [3.05, 3.63) is 72.3 Å². The van der Waals surface area contributed by atoms with Crippen molar-refractivity contribution in [3.8, 4) is 11.5 Å². The lowest BCUT2D eigenvalue weighted by Gasteiger charge is -2.58. The van der Waals surface area contributed by atoms with Gasteiger partial charge in [-0.05, 0) is 85.6 Å². The van der Waals surface area contributed by atoms with Gasteiger partial charge >= 0.3 is 0 Å². The maximum absolute atomic E-state index is 11.7. The highest BCUT2D eigenvalue weighted by Gasteiger charge is 2.64. The van der Waals surface area contributed by atoms with Gasteiger partial charge in [0.1, 0.15) is 25.2 Å². The van der Waals surface area contributed by atoms with Crippen molar-refractivity contribution < 1.29 is 34.1 Å². The molecule has 0 aromatic heterocycles. The summed E-state index contributed by atoms with van der Waals surface area (Å²) in [5.74, 6) is 0.648. The largest absolute Gasteiger partial charge is 0.492 e. The number of carbonyl (C=O) groups is 1. The van der Waals surface area contributed by atoms with Crippen LogP contribution in [-0.2, 0) is 14.4 Å². The normalized spacial score (nSPS) is 27.1. The Balaban J connectivity index is 1.48. The van der Waals surface area contributed by atoms with Gasteiger partial charge in [-0.3, -0.25) is 9.69 Å². The fourth-order valence-electron chi connectivity index (χ4n) is 8.20. The number of nitrogens with one attached hydrogen (secondary N) is 1. The molecule has 3 N–H and O–H groups in total. The molecule has 10 nitrogen and oxygen atoms in total. The van der Waals surface area contributed by atoms with Crippen LogP contribution in [0.3, 0.4) is 0 Å². The first-order valence-corrected chi connectivity index (χ1v) is 19.3. The number of aliphatic hydroxyl groups excluding tert-OH is 2. The van der Waals surface area contributed by atoms with E-state index in [0.29, 0.717) is 19.6 Å². The Hall–Kier alpha value is -3.35. The number of fused-ring (bicyclic) bond motifs is 2. The fourth-order valence-corrected chi connectivity index (χ4v) is 9.49. The average molecular weight is 720 g/mol. The molecule has 2 aromatic rings. The molecular formula is C40H53N3O7S. The zero-order valence-electron chi connectivity index (χ0n) is 29.9. The zero-order valence-corrected chi connectivity index (χ0v) is 30.7. The molecule has 0 radical (unpaired) electrons. The number of hydrogen-bond acceptors (Lipinski definition) is 10. The second-order valence-electron chi connectivity index (χ2n) is 13.9. The number of unbranched alkanes of at least 4 members (excludes halogenated alkanes) is 2. The van der Waals surface area contributed by atoms with Gasteiger partial charge in [-0.2, -0.15) is 0 Å². The average Bonchev–Trinajstić information content (AvgIpc) is 3.95. The SMILES string of the molecule is C=CCO[C@@]12Oc3ccc(OCCN4CC4)cc3[C@H]3[C@H](CCCCO)[C@@H](CCCCO)C=C(C(=NOC)C[C@@H]1Sc1ccc(NC(C)=O)cc1)[C@H]32.